The second-order valence-electron chi connectivity index (χ2n) is 11.7. The van der Waals surface area contributed by atoms with Crippen molar-refractivity contribution in [3.05, 3.63) is 72.6 Å². The molecule has 250 valence electrons. The van der Waals surface area contributed by atoms with Gasteiger partial charge in [-0.2, -0.15) is 5.09 Å². The number of pyridine rings is 1. The number of hydrogen-bond acceptors (Lipinski definition) is 9. The fourth-order valence-corrected chi connectivity index (χ4v) is 7.24. The number of para-hydroxylation sites is 1. The van der Waals surface area contributed by atoms with Gasteiger partial charge in [-0.05, 0) is 58.1 Å². The van der Waals surface area contributed by atoms with E-state index in [9.17, 15) is 9.36 Å². The summed E-state index contributed by atoms with van der Waals surface area (Å²) in [5.41, 5.74) is 8.69. The maximum atomic E-state index is 14.5. The van der Waals surface area contributed by atoms with Crippen LogP contribution in [0.25, 0.3) is 32.7 Å². The van der Waals surface area contributed by atoms with E-state index in [4.69, 9.17) is 29.2 Å². The molecular weight excluding hydrogens is 617 g/mol. The van der Waals surface area contributed by atoms with Gasteiger partial charge in [-0.25, -0.2) is 14.5 Å². The first-order valence-corrected chi connectivity index (χ1v) is 17.7. The first-order chi connectivity index (χ1) is 22.6. The molecule has 3 atom stereocenters. The predicted octanol–water partition coefficient (Wildman–Crippen LogP) is 7.72. The van der Waals surface area contributed by atoms with Crippen LogP contribution in [0.5, 0.6) is 5.75 Å². The minimum Gasteiger partial charge on any atom is -0.462 e. The number of aromatic nitrogens is 3. The van der Waals surface area contributed by atoms with Crippen LogP contribution < -0.4 is 15.3 Å². The van der Waals surface area contributed by atoms with E-state index in [2.05, 4.69) is 21.6 Å². The Kier molecular flexibility index (Phi) is 11.1. The highest BCUT2D eigenvalue weighted by molar-refractivity contribution is 7.52. The van der Waals surface area contributed by atoms with Crippen molar-refractivity contribution in [2.75, 3.05) is 18.9 Å². The number of nitrogens with one attached hydrogen (secondary N) is 1. The van der Waals surface area contributed by atoms with Crippen molar-refractivity contribution in [3.8, 4) is 5.75 Å². The van der Waals surface area contributed by atoms with Gasteiger partial charge in [-0.1, -0.05) is 67.9 Å². The summed E-state index contributed by atoms with van der Waals surface area (Å²) in [6, 6.07) is 19.9. The molecule has 2 heterocycles. The molecule has 11 nitrogen and oxygen atoms in total. The lowest BCUT2D eigenvalue weighted by molar-refractivity contribution is -0.149. The molecule has 5 rings (SSSR count). The van der Waals surface area contributed by atoms with E-state index in [-0.39, 0.29) is 18.8 Å². The number of benzene rings is 3. The second kappa shape index (κ2) is 15.3. The minimum absolute atomic E-state index is 0.0535. The maximum Gasteiger partial charge on any atom is 0.459 e. The molecule has 3 N–H and O–H groups in total. The molecule has 12 heteroatoms. The van der Waals surface area contributed by atoms with Crippen LogP contribution in [0, 0.1) is 0 Å². The number of nitrogen functional groups attached to an aromatic ring is 1. The van der Waals surface area contributed by atoms with Crippen molar-refractivity contribution >= 4 is 52.2 Å². The Morgan fingerprint density at radius 2 is 1.68 bits per heavy atom. The zero-order valence-corrected chi connectivity index (χ0v) is 28.5. The van der Waals surface area contributed by atoms with E-state index >= 15 is 0 Å². The van der Waals surface area contributed by atoms with E-state index in [1.165, 1.54) is 0 Å². The molecule has 5 aromatic rings. The van der Waals surface area contributed by atoms with Crippen molar-refractivity contribution in [3.63, 3.8) is 0 Å². The van der Waals surface area contributed by atoms with Gasteiger partial charge in [0.2, 0.25) is 0 Å². The molecule has 0 bridgehead atoms. The first-order valence-electron chi connectivity index (χ1n) is 16.2. The lowest BCUT2D eigenvalue weighted by Crippen LogP contribution is -2.36. The molecule has 0 saturated carbocycles. The summed E-state index contributed by atoms with van der Waals surface area (Å²) in [5, 5.41) is 5.44. The molecule has 3 aromatic carbocycles. The Morgan fingerprint density at radius 3 is 2.43 bits per heavy atom. The van der Waals surface area contributed by atoms with Crippen LogP contribution in [0.15, 0.2) is 66.7 Å². The largest absolute Gasteiger partial charge is 0.462 e. The van der Waals surface area contributed by atoms with E-state index in [1.54, 1.807) is 26.8 Å². The summed E-state index contributed by atoms with van der Waals surface area (Å²) in [6.07, 6.45) is 1.78. The highest BCUT2D eigenvalue weighted by Crippen LogP contribution is 2.47. The molecule has 0 aliphatic carbocycles. The molecule has 2 aromatic heterocycles. The standard InChI is InChI=1S/C35H44N5O6P/c1-6-13-26(40-31(22-43-7-2)38-32-33(40)28-17-10-11-18-29(28)37-34(32)36)20-21-44-47(42,39-24(5)35(41)45-23(3)4)46-30-19-12-15-25-14-8-9-16-27(25)30/h8-12,14-19,23-24,26H,6-7,13,20-22H2,1-5H3,(H2,36,37)(H,39,42)/t24-,26+,47-/m0/s1. The van der Waals surface area contributed by atoms with Crippen molar-refractivity contribution in [1.29, 1.82) is 0 Å². The number of nitrogens with two attached hydrogens (primary N) is 1. The Morgan fingerprint density at radius 1 is 0.957 bits per heavy atom. The van der Waals surface area contributed by atoms with Gasteiger partial charge in [-0.15, -0.1) is 0 Å². The molecule has 0 amide bonds. The third-order valence-corrected chi connectivity index (χ3v) is 9.45. The summed E-state index contributed by atoms with van der Waals surface area (Å²) in [5.74, 6) is 0.893. The van der Waals surface area contributed by atoms with Gasteiger partial charge in [0.05, 0.1) is 23.7 Å². The van der Waals surface area contributed by atoms with Crippen LogP contribution in [-0.4, -0.2) is 45.9 Å². The third kappa shape index (κ3) is 7.93. The van der Waals surface area contributed by atoms with Gasteiger partial charge in [-0.3, -0.25) is 9.32 Å². The smallest absolute Gasteiger partial charge is 0.459 e. The van der Waals surface area contributed by atoms with E-state index in [0.29, 0.717) is 36.7 Å². The first kappa shape index (κ1) is 34.3. The minimum atomic E-state index is -4.11. The van der Waals surface area contributed by atoms with E-state index in [0.717, 1.165) is 45.9 Å². The predicted molar refractivity (Wildman–Crippen MR) is 185 cm³/mol. The Bertz CT molecular complexity index is 1890. The molecule has 0 fully saturated rings. The van der Waals surface area contributed by atoms with Crippen LogP contribution in [0.4, 0.5) is 5.82 Å². The van der Waals surface area contributed by atoms with Crippen molar-refractivity contribution < 1.29 is 27.9 Å². The lowest BCUT2D eigenvalue weighted by Gasteiger charge is -2.26. The Balaban J connectivity index is 1.48. The van der Waals surface area contributed by atoms with Crippen LogP contribution in [-0.2, 0) is 30.0 Å². The molecule has 0 saturated heterocycles. The monoisotopic (exact) mass is 661 g/mol. The maximum absolute atomic E-state index is 14.5. The summed E-state index contributed by atoms with van der Waals surface area (Å²) < 4.78 is 40.1. The molecule has 0 radical (unpaired) electrons. The topological polar surface area (TPSA) is 140 Å². The Hall–Kier alpha value is -4.02. The fourth-order valence-electron chi connectivity index (χ4n) is 5.72. The number of esters is 1. The van der Waals surface area contributed by atoms with Gasteiger partial charge >= 0.3 is 13.7 Å². The summed E-state index contributed by atoms with van der Waals surface area (Å²) in [7, 11) is -4.11. The molecule has 47 heavy (non-hydrogen) atoms. The molecular formula is C35H44N5O6P. The van der Waals surface area contributed by atoms with Crippen LogP contribution in [0.2, 0.25) is 0 Å². The number of nitrogens with zero attached hydrogens (tertiary/aromatic N) is 3. The molecule has 0 aliphatic rings. The van der Waals surface area contributed by atoms with Crippen LogP contribution >= 0.6 is 7.75 Å². The summed E-state index contributed by atoms with van der Waals surface area (Å²) in [4.78, 5) is 22.2. The zero-order chi connectivity index (χ0) is 33.6. The van der Waals surface area contributed by atoms with Gasteiger partial charge in [0, 0.05) is 23.4 Å². The number of hydrogen-bond donors (Lipinski definition) is 2. The number of ether oxygens (including phenoxy) is 2. The van der Waals surface area contributed by atoms with Crippen molar-refractivity contribution in [2.45, 2.75) is 78.7 Å². The quantitative estimate of drug-likeness (QED) is 0.0798. The number of fused-ring (bicyclic) bond motifs is 4. The van der Waals surface area contributed by atoms with Gasteiger partial charge in [0.15, 0.2) is 5.82 Å². The zero-order valence-electron chi connectivity index (χ0n) is 27.6. The number of carbonyl (C=O) groups is 1. The highest BCUT2D eigenvalue weighted by atomic mass is 31.2. The molecule has 0 unspecified atom stereocenters. The lowest BCUT2D eigenvalue weighted by atomic mass is 10.1. The summed E-state index contributed by atoms with van der Waals surface area (Å²) >= 11 is 0. The van der Waals surface area contributed by atoms with Gasteiger partial charge in [0.1, 0.15) is 29.7 Å². The number of rotatable bonds is 16. The molecule has 0 aliphatic heterocycles. The van der Waals surface area contributed by atoms with Crippen molar-refractivity contribution in [2.24, 2.45) is 0 Å². The van der Waals surface area contributed by atoms with Gasteiger partial charge < -0.3 is 24.3 Å². The van der Waals surface area contributed by atoms with E-state index in [1.807, 2.05) is 67.6 Å². The number of anilines is 1. The van der Waals surface area contributed by atoms with E-state index < -0.39 is 19.8 Å². The number of imidazole rings is 1. The molecule has 0 spiro atoms. The SMILES string of the molecule is CCC[C@H](CCO[P@@](=O)(N[C@@H](C)C(=O)OC(C)C)Oc1cccc2ccccc12)n1c(COCC)nc2c(N)nc3ccccc3c21. The van der Waals surface area contributed by atoms with Gasteiger partial charge in [0.25, 0.3) is 0 Å². The Labute approximate surface area is 275 Å². The van der Waals surface area contributed by atoms with Crippen LogP contribution in [0.1, 0.15) is 65.7 Å². The normalized spacial score (nSPS) is 14.4. The fraction of sp³-hybridized carbons (Fsp3) is 0.400. The highest BCUT2D eigenvalue weighted by Gasteiger charge is 2.34. The average Bonchev–Trinajstić information content (AvgIpc) is 3.43. The second-order valence-corrected chi connectivity index (χ2v) is 13.4. The third-order valence-electron chi connectivity index (χ3n) is 7.79. The summed E-state index contributed by atoms with van der Waals surface area (Å²) in [6.45, 7) is 10.0. The number of carbonyl (C=O) groups excluding carboxylic acids is 1. The van der Waals surface area contributed by atoms with Crippen molar-refractivity contribution in [1.82, 2.24) is 19.6 Å². The van der Waals surface area contributed by atoms with Crippen LogP contribution in [0.3, 0.4) is 0 Å². The average molecular weight is 662 g/mol.